The topological polar surface area (TPSA) is 68.1 Å². The lowest BCUT2D eigenvalue weighted by Crippen LogP contribution is -2.01. The highest BCUT2D eigenvalue weighted by molar-refractivity contribution is 4.54. The van der Waals surface area contributed by atoms with E-state index in [1.54, 1.807) is 14.1 Å². The van der Waals surface area contributed by atoms with Crippen LogP contribution in [0.1, 0.15) is 0 Å². The zero-order valence-electron chi connectivity index (χ0n) is 4.37. The molecule has 0 aliphatic heterocycles. The van der Waals surface area contributed by atoms with Gasteiger partial charge < -0.3 is 11.4 Å². The fraction of sp³-hybridized carbons (Fsp3) is 1.00. The predicted molar refractivity (Wildman–Crippen MR) is 26.1 cm³/mol. The summed E-state index contributed by atoms with van der Waals surface area (Å²) in [4.78, 5) is 0. The van der Waals surface area contributed by atoms with Crippen LogP contribution in [0.5, 0.6) is 0 Å². The Kier molecular flexibility index (Phi) is 2.95. The molecule has 0 aromatic heterocycles. The van der Waals surface area contributed by atoms with Gasteiger partial charge in [-0.2, -0.15) is 0 Å². The third-order valence-electron chi connectivity index (χ3n) is 0.271. The number of nitrogens with two attached hydrogens (primary N) is 1. The number of hydrogen-bond donors (Lipinski definition) is 1. The summed E-state index contributed by atoms with van der Waals surface area (Å²) in [6, 6.07) is 0. The Morgan fingerprint density at radius 1 is 1.57 bits per heavy atom. The molecule has 5 nitrogen and oxygen atoms in total. The Balaban J connectivity index is 2.97. The molecule has 0 atom stereocenters. The van der Waals surface area contributed by atoms with Crippen molar-refractivity contribution in [1.82, 2.24) is 5.01 Å². The molecule has 0 spiro atoms. The minimum absolute atomic E-state index is 1.50. The van der Waals surface area contributed by atoms with E-state index in [4.69, 9.17) is 0 Å². The first kappa shape index (κ1) is 6.16. The van der Waals surface area contributed by atoms with Crippen LogP contribution in [0.25, 0.3) is 5.53 Å². The van der Waals surface area contributed by atoms with E-state index in [-0.39, 0.29) is 0 Å². The van der Waals surface area contributed by atoms with Crippen LogP contribution in [0.2, 0.25) is 0 Å². The summed E-state index contributed by atoms with van der Waals surface area (Å²) in [5.74, 6) is 4.61. The van der Waals surface area contributed by atoms with Crippen molar-refractivity contribution in [2.45, 2.75) is 0 Å². The maximum Gasteiger partial charge on any atom is -0.0102 e. The Morgan fingerprint density at radius 3 is 2.29 bits per heavy atom. The second-order valence-corrected chi connectivity index (χ2v) is 1.14. The van der Waals surface area contributed by atoms with E-state index in [0.29, 0.717) is 0 Å². The van der Waals surface area contributed by atoms with Gasteiger partial charge in [-0.3, -0.25) is 10.2 Å². The van der Waals surface area contributed by atoms with Crippen LogP contribution in [0, 0.1) is 0 Å². The van der Waals surface area contributed by atoms with Crippen molar-refractivity contribution in [2.75, 3.05) is 14.1 Å². The van der Waals surface area contributed by atoms with Crippen LogP contribution >= 0.6 is 0 Å². The van der Waals surface area contributed by atoms with Gasteiger partial charge in [0.15, 0.2) is 0 Å². The van der Waals surface area contributed by atoms with Crippen LogP contribution < -0.4 is 5.84 Å². The van der Waals surface area contributed by atoms with Gasteiger partial charge in [-0.05, 0) is 14.1 Å². The quantitative estimate of drug-likeness (QED) is 0.304. The van der Waals surface area contributed by atoms with Crippen molar-refractivity contribution in [3.8, 4) is 0 Å². The SMILES string of the molecule is CN(C)[N-]/N=N\N. The van der Waals surface area contributed by atoms with Crippen molar-refractivity contribution >= 4 is 0 Å². The summed E-state index contributed by atoms with van der Waals surface area (Å²) < 4.78 is 0. The highest BCUT2D eigenvalue weighted by Gasteiger charge is 1.67. The highest BCUT2D eigenvalue weighted by atomic mass is 15.7. The number of hydrogen-bond acceptors (Lipinski definition) is 3. The molecule has 0 aliphatic carbocycles. The largest absolute Gasteiger partial charge is 0.396 e. The fourth-order valence-corrected chi connectivity index (χ4v) is 0.103. The lowest BCUT2D eigenvalue weighted by atomic mass is 11.2. The zero-order valence-corrected chi connectivity index (χ0v) is 4.37. The molecule has 2 N–H and O–H groups in total. The van der Waals surface area contributed by atoms with Gasteiger partial charge in [-0.15, -0.1) is 0 Å². The van der Waals surface area contributed by atoms with Crippen molar-refractivity contribution in [3.63, 3.8) is 0 Å². The lowest BCUT2D eigenvalue weighted by Gasteiger charge is -2.12. The summed E-state index contributed by atoms with van der Waals surface area (Å²) in [5, 5.41) is 7.51. The standard InChI is InChI=1S/C2H8N5/c1-7(2)6-5-4-3/h1-2H3,(H2-,3,4,5,6)/q-1. The average Bonchev–Trinajstić information content (AvgIpc) is 1.61. The highest BCUT2D eigenvalue weighted by Crippen LogP contribution is 1.87. The van der Waals surface area contributed by atoms with Gasteiger partial charge in [0.1, 0.15) is 0 Å². The van der Waals surface area contributed by atoms with E-state index in [2.05, 4.69) is 21.8 Å². The molecule has 0 bridgehead atoms. The molecule has 42 valence electrons. The molecule has 5 heteroatoms. The molecule has 0 aromatic carbocycles. The van der Waals surface area contributed by atoms with Crippen LogP contribution in [-0.4, -0.2) is 19.1 Å². The summed E-state index contributed by atoms with van der Waals surface area (Å²) in [6.45, 7) is 0. The van der Waals surface area contributed by atoms with E-state index in [1.165, 1.54) is 5.01 Å². The maximum absolute atomic E-state index is 4.61. The molecule has 0 heterocycles. The molecule has 0 unspecified atom stereocenters. The van der Waals surface area contributed by atoms with Gasteiger partial charge >= 0.3 is 0 Å². The normalized spacial score (nSPS) is 10.7. The van der Waals surface area contributed by atoms with Crippen molar-refractivity contribution in [1.29, 1.82) is 0 Å². The fourth-order valence-electron chi connectivity index (χ4n) is 0.103. The van der Waals surface area contributed by atoms with Crippen LogP contribution in [0.15, 0.2) is 10.4 Å². The smallest absolute Gasteiger partial charge is 0.0102 e. The van der Waals surface area contributed by atoms with Gasteiger partial charge in [-0.1, -0.05) is 0 Å². The second kappa shape index (κ2) is 3.35. The Morgan fingerprint density at radius 2 is 2.14 bits per heavy atom. The molecule has 0 rings (SSSR count). The molecule has 0 saturated heterocycles. The zero-order chi connectivity index (χ0) is 5.70. The monoisotopic (exact) mass is 102 g/mol. The van der Waals surface area contributed by atoms with E-state index in [1.807, 2.05) is 0 Å². The molecule has 7 heavy (non-hydrogen) atoms. The third-order valence-corrected chi connectivity index (χ3v) is 0.271. The predicted octanol–water partition coefficient (Wildman–Crippen LogP) is 0.0776. The van der Waals surface area contributed by atoms with Gasteiger partial charge in [0, 0.05) is 0 Å². The van der Waals surface area contributed by atoms with Gasteiger partial charge in [0.2, 0.25) is 0 Å². The summed E-state index contributed by atoms with van der Waals surface area (Å²) >= 11 is 0. The Labute approximate surface area is 42.1 Å². The molecule has 0 aliphatic rings. The molecule has 0 amide bonds. The lowest BCUT2D eigenvalue weighted by molar-refractivity contribution is 0.501. The summed E-state index contributed by atoms with van der Waals surface area (Å²) in [7, 11) is 3.46. The van der Waals surface area contributed by atoms with E-state index >= 15 is 0 Å². The van der Waals surface area contributed by atoms with Crippen molar-refractivity contribution in [3.05, 3.63) is 5.53 Å². The van der Waals surface area contributed by atoms with E-state index in [0.717, 1.165) is 0 Å². The van der Waals surface area contributed by atoms with Gasteiger partial charge in [-0.25, -0.2) is 5.22 Å². The third kappa shape index (κ3) is 5.16. The number of nitrogens with zero attached hydrogens (tertiary/aromatic N) is 4. The van der Waals surface area contributed by atoms with Gasteiger partial charge in [0.25, 0.3) is 0 Å². The Hall–Kier alpha value is -0.840. The Bertz CT molecular complexity index is 57.1. The summed E-state index contributed by atoms with van der Waals surface area (Å²) in [6.07, 6.45) is 0. The van der Waals surface area contributed by atoms with Crippen molar-refractivity contribution in [2.24, 2.45) is 16.3 Å². The molecule has 0 radical (unpaired) electrons. The first-order valence-electron chi connectivity index (χ1n) is 1.75. The first-order valence-corrected chi connectivity index (χ1v) is 1.75. The summed E-state index contributed by atoms with van der Waals surface area (Å²) in [5.41, 5.74) is 3.41. The second-order valence-electron chi connectivity index (χ2n) is 1.14. The molecular formula is C2H8N5-. The molecule has 0 fully saturated rings. The molecular weight excluding hydrogens is 94.1 g/mol. The molecule has 0 saturated carbocycles. The van der Waals surface area contributed by atoms with Crippen molar-refractivity contribution < 1.29 is 0 Å². The van der Waals surface area contributed by atoms with Crippen LogP contribution in [0.4, 0.5) is 0 Å². The van der Waals surface area contributed by atoms with Crippen LogP contribution in [0.3, 0.4) is 0 Å². The maximum atomic E-state index is 4.61. The minimum Gasteiger partial charge on any atom is -0.396 e. The number of rotatable bonds is 2. The first-order chi connectivity index (χ1) is 3.27. The van der Waals surface area contributed by atoms with Gasteiger partial charge in [0.05, 0.1) is 0 Å². The van der Waals surface area contributed by atoms with Crippen LogP contribution in [-0.2, 0) is 0 Å². The average molecular weight is 102 g/mol. The minimum atomic E-state index is 1.50. The van der Waals surface area contributed by atoms with E-state index < -0.39 is 0 Å². The van der Waals surface area contributed by atoms with E-state index in [9.17, 15) is 0 Å². The molecule has 0 aromatic rings.